The number of carbonyl (C=O) groups is 2. The van der Waals surface area contributed by atoms with Crippen molar-refractivity contribution >= 4 is 22.8 Å². The smallest absolute Gasteiger partial charge is 0.261 e. The van der Waals surface area contributed by atoms with Crippen LogP contribution in [0.5, 0.6) is 0 Å². The lowest BCUT2D eigenvalue weighted by molar-refractivity contribution is -0.231. The average Bonchev–Trinajstić information content (AvgIpc) is 3.27. The summed E-state index contributed by atoms with van der Waals surface area (Å²) in [5.41, 5.74) is 2.52. The van der Waals surface area contributed by atoms with Gasteiger partial charge in [-0.25, -0.2) is 24.0 Å². The van der Waals surface area contributed by atoms with Crippen LogP contribution in [0.1, 0.15) is 55.5 Å². The molecule has 0 aliphatic rings. The molecule has 0 radical (unpaired) electrons. The van der Waals surface area contributed by atoms with E-state index >= 15 is 0 Å². The van der Waals surface area contributed by atoms with Crippen LogP contribution in [0.3, 0.4) is 0 Å². The van der Waals surface area contributed by atoms with Gasteiger partial charge in [0.25, 0.3) is 0 Å². The van der Waals surface area contributed by atoms with Crippen molar-refractivity contribution in [3.05, 3.63) is 41.3 Å². The Kier molecular flexibility index (Phi) is 5.13. The fourth-order valence-corrected chi connectivity index (χ4v) is 2.86. The minimum atomic E-state index is -0.801. The van der Waals surface area contributed by atoms with Crippen molar-refractivity contribution in [2.75, 3.05) is 0 Å². The van der Waals surface area contributed by atoms with Crippen molar-refractivity contribution < 1.29 is 19.4 Å². The van der Waals surface area contributed by atoms with Crippen LogP contribution in [-0.4, -0.2) is 31.5 Å². The maximum Gasteiger partial charge on any atom is 0.389 e. The Balaban J connectivity index is 2.04. The highest BCUT2D eigenvalue weighted by molar-refractivity contribution is 5.91. The molecule has 2 aromatic heterocycles. The summed E-state index contributed by atoms with van der Waals surface area (Å²) in [7, 11) is 0. The number of hydrogen-bond donors (Lipinski definition) is 0. The number of nitrogens with zero attached hydrogens (tertiary/aromatic N) is 5. The monoisotopic (exact) mass is 381 g/mol. The normalized spacial score (nSPS) is 10.9. The van der Waals surface area contributed by atoms with E-state index in [4.69, 9.17) is 0 Å². The summed E-state index contributed by atoms with van der Waals surface area (Å²) in [5.74, 6) is -1.53. The Hall–Kier alpha value is -3.67. The van der Waals surface area contributed by atoms with Crippen molar-refractivity contribution in [2.24, 2.45) is 0 Å². The molecule has 0 N–H and O–H groups in total. The second kappa shape index (κ2) is 7.52. The van der Waals surface area contributed by atoms with E-state index < -0.39 is 11.9 Å². The van der Waals surface area contributed by atoms with Gasteiger partial charge in [-0.1, -0.05) is 6.92 Å². The molecule has 144 valence electrons. The molecule has 0 saturated heterocycles. The molecule has 0 saturated carbocycles. The fourth-order valence-electron chi connectivity index (χ4n) is 2.86. The molecule has 0 fully saturated rings. The molecular weight excluding hydrogens is 362 g/mol. The Morgan fingerprint density at radius 3 is 2.61 bits per heavy atom. The van der Waals surface area contributed by atoms with Gasteiger partial charge in [0.05, 0.1) is 16.9 Å². The topological polar surface area (TPSA) is 112 Å². The van der Waals surface area contributed by atoms with Crippen LogP contribution in [0.2, 0.25) is 0 Å². The third kappa shape index (κ3) is 3.44. The Labute approximate surface area is 161 Å². The van der Waals surface area contributed by atoms with E-state index in [-0.39, 0.29) is 11.6 Å². The van der Waals surface area contributed by atoms with E-state index in [1.54, 1.807) is 10.7 Å². The molecule has 0 bridgehead atoms. The summed E-state index contributed by atoms with van der Waals surface area (Å²) in [5, 5.41) is 18.9. The van der Waals surface area contributed by atoms with Crippen molar-refractivity contribution in [3.8, 4) is 11.8 Å². The highest BCUT2D eigenvalue weighted by Gasteiger charge is 2.20. The van der Waals surface area contributed by atoms with Gasteiger partial charge in [-0.2, -0.15) is 15.5 Å². The molecule has 0 atom stereocenters. The van der Waals surface area contributed by atoms with Crippen LogP contribution in [0.25, 0.3) is 16.6 Å². The summed E-state index contributed by atoms with van der Waals surface area (Å²) in [4.78, 5) is 31.8. The molecule has 2 heterocycles. The molecule has 1 aromatic carbocycles. The number of hydrogen-bond acceptors (Lipinski definition) is 7. The number of rotatable bonds is 4. The first-order valence-corrected chi connectivity index (χ1v) is 8.76. The zero-order chi connectivity index (χ0) is 20.4. The maximum absolute atomic E-state index is 12.2. The van der Waals surface area contributed by atoms with Crippen LogP contribution in [0, 0.1) is 11.3 Å². The number of aromatic nitrogens is 4. The average molecular weight is 381 g/mol. The number of nitriles is 1. The van der Waals surface area contributed by atoms with E-state index in [9.17, 15) is 14.9 Å². The van der Waals surface area contributed by atoms with Crippen molar-refractivity contribution in [1.29, 1.82) is 5.26 Å². The first-order valence-electron chi connectivity index (χ1n) is 8.76. The van der Waals surface area contributed by atoms with Crippen LogP contribution in [0.15, 0.2) is 24.4 Å². The molecule has 0 spiro atoms. The van der Waals surface area contributed by atoms with E-state index in [1.807, 2.05) is 32.9 Å². The maximum atomic E-state index is 12.2. The van der Waals surface area contributed by atoms with E-state index in [0.29, 0.717) is 28.9 Å². The highest BCUT2D eigenvalue weighted by atomic mass is 17.2. The fraction of sp³-hybridized carbons (Fsp3) is 0.316. The second-order valence-corrected chi connectivity index (χ2v) is 6.43. The molecule has 0 amide bonds. The third-order valence-electron chi connectivity index (χ3n) is 4.13. The van der Waals surface area contributed by atoms with Crippen LogP contribution < -0.4 is 0 Å². The van der Waals surface area contributed by atoms with Gasteiger partial charge < -0.3 is 0 Å². The van der Waals surface area contributed by atoms with E-state index in [1.165, 1.54) is 10.9 Å². The van der Waals surface area contributed by atoms with E-state index in [0.717, 1.165) is 12.4 Å². The molecule has 9 heteroatoms. The summed E-state index contributed by atoms with van der Waals surface area (Å²) >= 11 is 0. The summed E-state index contributed by atoms with van der Waals surface area (Å²) < 4.78 is 3.32. The van der Waals surface area contributed by atoms with Gasteiger partial charge in [0.2, 0.25) is 0 Å². The minimum absolute atomic E-state index is 0.106. The zero-order valence-electron chi connectivity index (χ0n) is 16.0. The first kappa shape index (κ1) is 19.1. The van der Waals surface area contributed by atoms with Gasteiger partial charge in [-0.15, -0.1) is 0 Å². The predicted molar refractivity (Wildman–Crippen MR) is 98.5 cm³/mol. The van der Waals surface area contributed by atoms with Crippen molar-refractivity contribution in [2.45, 2.75) is 40.2 Å². The largest absolute Gasteiger partial charge is 0.389 e. The van der Waals surface area contributed by atoms with Gasteiger partial charge in [-0.05, 0) is 38.5 Å². The highest BCUT2D eigenvalue weighted by Crippen LogP contribution is 2.25. The zero-order valence-corrected chi connectivity index (χ0v) is 16.0. The Morgan fingerprint density at radius 2 is 2.00 bits per heavy atom. The minimum Gasteiger partial charge on any atom is -0.261 e. The van der Waals surface area contributed by atoms with E-state index in [2.05, 4.69) is 26.0 Å². The third-order valence-corrected chi connectivity index (χ3v) is 4.13. The van der Waals surface area contributed by atoms with Gasteiger partial charge in [0, 0.05) is 24.5 Å². The molecular formula is C19H19N5O4. The molecule has 3 aromatic rings. The molecule has 0 unspecified atom stereocenters. The molecule has 9 nitrogen and oxygen atoms in total. The quantitative estimate of drug-likeness (QED) is 0.504. The standard InChI is InChI=1S/C19H19N5O4/c1-5-16-15(19(26)28-27-12(4)25)10-23(21-16)13-6-7-18-14(8-13)17(9-20)22-24(18)11(2)3/h6-8,10-11H,5H2,1-4H3. The van der Waals surface area contributed by atoms with Gasteiger partial charge >= 0.3 is 11.9 Å². The molecule has 0 aliphatic carbocycles. The van der Waals surface area contributed by atoms with Crippen LogP contribution >= 0.6 is 0 Å². The SMILES string of the molecule is CCc1nn(-c2ccc3c(c2)c(C#N)nn3C(C)C)cc1C(=O)OOC(C)=O. The molecule has 3 rings (SSSR count). The summed E-state index contributed by atoms with van der Waals surface area (Å²) in [6.07, 6.45) is 1.99. The number of benzene rings is 1. The summed E-state index contributed by atoms with van der Waals surface area (Å²) in [6.45, 7) is 6.96. The molecule has 0 aliphatic heterocycles. The van der Waals surface area contributed by atoms with Crippen molar-refractivity contribution in [3.63, 3.8) is 0 Å². The lowest BCUT2D eigenvalue weighted by Gasteiger charge is -2.07. The first-order chi connectivity index (χ1) is 13.3. The predicted octanol–water partition coefficient (Wildman–Crippen LogP) is 2.87. The second-order valence-electron chi connectivity index (χ2n) is 6.43. The molecule has 28 heavy (non-hydrogen) atoms. The Bertz CT molecular complexity index is 1100. The van der Waals surface area contributed by atoms with Crippen LogP contribution in [0.4, 0.5) is 0 Å². The van der Waals surface area contributed by atoms with Gasteiger partial charge in [-0.3, -0.25) is 4.68 Å². The van der Waals surface area contributed by atoms with Crippen LogP contribution in [-0.2, 0) is 21.0 Å². The number of fused-ring (bicyclic) bond motifs is 1. The Morgan fingerprint density at radius 1 is 1.25 bits per heavy atom. The number of aryl methyl sites for hydroxylation is 1. The lowest BCUT2D eigenvalue weighted by atomic mass is 10.2. The van der Waals surface area contributed by atoms with Crippen molar-refractivity contribution in [1.82, 2.24) is 19.6 Å². The van der Waals surface area contributed by atoms with Gasteiger partial charge in [0.1, 0.15) is 11.6 Å². The lowest BCUT2D eigenvalue weighted by Crippen LogP contribution is -2.10. The van der Waals surface area contributed by atoms with Gasteiger partial charge in [0.15, 0.2) is 5.69 Å². The number of carbonyl (C=O) groups excluding carboxylic acids is 2. The summed E-state index contributed by atoms with van der Waals surface area (Å²) in [6, 6.07) is 7.71.